The third-order valence-corrected chi connectivity index (χ3v) is 3.44. The molecule has 0 aliphatic rings. The lowest BCUT2D eigenvalue weighted by Crippen LogP contribution is -2.40. The summed E-state index contributed by atoms with van der Waals surface area (Å²) >= 11 is 0. The highest BCUT2D eigenvalue weighted by Crippen LogP contribution is 2.10. The van der Waals surface area contributed by atoms with Crippen molar-refractivity contribution in [3.05, 3.63) is 98.8 Å². The second kappa shape index (κ2) is 6.00. The van der Waals surface area contributed by atoms with Crippen molar-refractivity contribution >= 4 is 0 Å². The van der Waals surface area contributed by atoms with Crippen LogP contribution >= 0.6 is 0 Å². The van der Waals surface area contributed by atoms with Gasteiger partial charge in [0.1, 0.15) is 11.6 Å². The van der Waals surface area contributed by atoms with Crippen LogP contribution in [0, 0.1) is 11.6 Å². The smallest absolute Gasteiger partial charge is 0.305 e. The molecule has 0 bridgehead atoms. The topological polar surface area (TPSA) is 44.0 Å². The number of hydrogen-bond acceptors (Lipinski definition) is 2. The SMILES string of the molecule is O=c1c(=O)n(-c2ccccc2)ccn1Cc1cc(F)ccc1F. The Balaban J connectivity index is 2.03. The van der Waals surface area contributed by atoms with Crippen LogP contribution in [0.2, 0.25) is 0 Å². The lowest BCUT2D eigenvalue weighted by Gasteiger charge is -2.09. The van der Waals surface area contributed by atoms with Gasteiger partial charge in [-0.05, 0) is 30.3 Å². The Hall–Kier alpha value is -3.02. The van der Waals surface area contributed by atoms with Gasteiger partial charge in [-0.25, -0.2) is 8.78 Å². The van der Waals surface area contributed by atoms with E-state index in [9.17, 15) is 18.4 Å². The van der Waals surface area contributed by atoms with Crippen molar-refractivity contribution in [3.63, 3.8) is 0 Å². The maximum absolute atomic E-state index is 13.7. The summed E-state index contributed by atoms with van der Waals surface area (Å²) in [6, 6.07) is 11.7. The van der Waals surface area contributed by atoms with Crippen LogP contribution in [0.25, 0.3) is 5.69 Å². The van der Waals surface area contributed by atoms with Gasteiger partial charge >= 0.3 is 11.1 Å². The Labute approximate surface area is 129 Å². The molecular formula is C17H12F2N2O2. The van der Waals surface area contributed by atoms with Crippen molar-refractivity contribution in [2.75, 3.05) is 0 Å². The second-order valence-electron chi connectivity index (χ2n) is 4.98. The molecule has 1 heterocycles. The summed E-state index contributed by atoms with van der Waals surface area (Å²) < 4.78 is 29.1. The van der Waals surface area contributed by atoms with Crippen molar-refractivity contribution in [3.8, 4) is 5.69 Å². The van der Waals surface area contributed by atoms with Crippen LogP contribution in [-0.2, 0) is 6.54 Å². The molecule has 6 heteroatoms. The highest BCUT2D eigenvalue weighted by Gasteiger charge is 2.10. The maximum Gasteiger partial charge on any atom is 0.320 e. The first-order valence-electron chi connectivity index (χ1n) is 6.88. The molecule has 0 saturated heterocycles. The zero-order valence-electron chi connectivity index (χ0n) is 11.9. The minimum Gasteiger partial charge on any atom is -0.305 e. The molecule has 0 saturated carbocycles. The fourth-order valence-corrected chi connectivity index (χ4v) is 2.27. The standard InChI is InChI=1S/C17H12F2N2O2/c18-13-6-7-15(19)12(10-13)11-20-8-9-21(17(23)16(20)22)14-4-2-1-3-5-14/h1-10H,11H2. The number of benzene rings is 2. The molecule has 0 radical (unpaired) electrons. The quantitative estimate of drug-likeness (QED) is 0.697. The van der Waals surface area contributed by atoms with Crippen LogP contribution in [0.1, 0.15) is 5.56 Å². The molecule has 4 nitrogen and oxygen atoms in total. The third kappa shape index (κ3) is 2.96. The monoisotopic (exact) mass is 314 g/mol. The largest absolute Gasteiger partial charge is 0.320 e. The predicted octanol–water partition coefficient (Wildman–Crippen LogP) is 2.33. The van der Waals surface area contributed by atoms with Gasteiger partial charge in [-0.2, -0.15) is 0 Å². The first-order valence-corrected chi connectivity index (χ1v) is 6.88. The number of hydrogen-bond donors (Lipinski definition) is 0. The summed E-state index contributed by atoms with van der Waals surface area (Å²) in [5.74, 6) is -1.24. The van der Waals surface area contributed by atoms with Crippen molar-refractivity contribution in [2.45, 2.75) is 6.54 Å². The van der Waals surface area contributed by atoms with Gasteiger partial charge in [-0.15, -0.1) is 0 Å². The lowest BCUT2D eigenvalue weighted by molar-refractivity contribution is 0.572. The van der Waals surface area contributed by atoms with E-state index in [4.69, 9.17) is 0 Å². The van der Waals surface area contributed by atoms with E-state index in [0.29, 0.717) is 5.69 Å². The number of aromatic nitrogens is 2. The number of para-hydroxylation sites is 1. The molecule has 116 valence electrons. The molecule has 1 aromatic heterocycles. The van der Waals surface area contributed by atoms with E-state index >= 15 is 0 Å². The number of nitrogens with zero attached hydrogens (tertiary/aromatic N) is 2. The van der Waals surface area contributed by atoms with Crippen LogP contribution in [0.5, 0.6) is 0 Å². The zero-order chi connectivity index (χ0) is 16.4. The molecule has 0 amide bonds. The summed E-state index contributed by atoms with van der Waals surface area (Å²) in [5, 5.41) is 0. The van der Waals surface area contributed by atoms with Crippen molar-refractivity contribution < 1.29 is 8.78 Å². The van der Waals surface area contributed by atoms with Crippen LogP contribution in [0.4, 0.5) is 8.78 Å². The molecule has 0 aliphatic carbocycles. The Morgan fingerprint density at radius 1 is 0.870 bits per heavy atom. The van der Waals surface area contributed by atoms with E-state index in [0.717, 1.165) is 22.8 Å². The van der Waals surface area contributed by atoms with E-state index in [1.54, 1.807) is 30.3 Å². The Morgan fingerprint density at radius 3 is 2.35 bits per heavy atom. The maximum atomic E-state index is 13.7. The highest BCUT2D eigenvalue weighted by atomic mass is 19.1. The van der Waals surface area contributed by atoms with Gasteiger partial charge in [-0.1, -0.05) is 18.2 Å². The molecule has 0 atom stereocenters. The van der Waals surface area contributed by atoms with Gasteiger partial charge in [0.25, 0.3) is 0 Å². The Bertz CT molecular complexity index is 962. The molecule has 23 heavy (non-hydrogen) atoms. The fourth-order valence-electron chi connectivity index (χ4n) is 2.27. The minimum absolute atomic E-state index is 0.00367. The predicted molar refractivity (Wildman–Crippen MR) is 81.8 cm³/mol. The van der Waals surface area contributed by atoms with Gasteiger partial charge in [0.15, 0.2) is 0 Å². The zero-order valence-corrected chi connectivity index (χ0v) is 11.9. The summed E-state index contributed by atoms with van der Waals surface area (Å²) in [4.78, 5) is 24.4. The normalized spacial score (nSPS) is 10.7. The molecule has 0 N–H and O–H groups in total. The van der Waals surface area contributed by atoms with Crippen LogP contribution in [0.15, 0.2) is 70.5 Å². The average Bonchev–Trinajstić information content (AvgIpc) is 2.56. The van der Waals surface area contributed by atoms with Gasteiger partial charge < -0.3 is 4.57 Å². The van der Waals surface area contributed by atoms with E-state index in [2.05, 4.69) is 0 Å². The molecule has 3 rings (SSSR count). The molecule has 2 aromatic carbocycles. The fraction of sp³-hybridized carbons (Fsp3) is 0.0588. The van der Waals surface area contributed by atoms with E-state index in [1.807, 2.05) is 0 Å². The number of halogens is 2. The Kier molecular flexibility index (Phi) is 3.89. The van der Waals surface area contributed by atoms with Crippen LogP contribution in [0.3, 0.4) is 0 Å². The summed E-state index contributed by atoms with van der Waals surface area (Å²) in [6.45, 7) is -0.215. The van der Waals surface area contributed by atoms with Crippen molar-refractivity contribution in [1.82, 2.24) is 9.13 Å². The lowest BCUT2D eigenvalue weighted by atomic mass is 10.2. The second-order valence-corrected chi connectivity index (χ2v) is 4.98. The average molecular weight is 314 g/mol. The molecule has 3 aromatic rings. The Morgan fingerprint density at radius 2 is 1.61 bits per heavy atom. The van der Waals surface area contributed by atoms with Crippen LogP contribution in [-0.4, -0.2) is 9.13 Å². The summed E-state index contributed by atoms with van der Waals surface area (Å²) in [7, 11) is 0. The van der Waals surface area contributed by atoms with E-state index in [-0.39, 0.29) is 12.1 Å². The molecule has 0 fully saturated rings. The first kappa shape index (κ1) is 14.9. The molecule has 0 spiro atoms. The van der Waals surface area contributed by atoms with E-state index in [1.165, 1.54) is 17.0 Å². The highest BCUT2D eigenvalue weighted by molar-refractivity contribution is 5.31. The molecule has 0 aliphatic heterocycles. The van der Waals surface area contributed by atoms with Gasteiger partial charge in [0.05, 0.1) is 6.54 Å². The summed E-state index contributed by atoms with van der Waals surface area (Å²) in [6.07, 6.45) is 2.80. The van der Waals surface area contributed by atoms with Crippen LogP contribution < -0.4 is 11.1 Å². The van der Waals surface area contributed by atoms with Crippen molar-refractivity contribution in [2.24, 2.45) is 0 Å². The first-order chi connectivity index (χ1) is 11.1. The van der Waals surface area contributed by atoms with E-state index < -0.39 is 22.8 Å². The van der Waals surface area contributed by atoms with Gasteiger partial charge in [0.2, 0.25) is 0 Å². The minimum atomic E-state index is -0.806. The number of rotatable bonds is 3. The molecule has 0 unspecified atom stereocenters. The third-order valence-electron chi connectivity index (χ3n) is 3.44. The van der Waals surface area contributed by atoms with Gasteiger partial charge in [-0.3, -0.25) is 14.2 Å². The van der Waals surface area contributed by atoms with Gasteiger partial charge in [0, 0.05) is 23.6 Å². The van der Waals surface area contributed by atoms with Crippen molar-refractivity contribution in [1.29, 1.82) is 0 Å². The summed E-state index contributed by atoms with van der Waals surface area (Å²) in [5.41, 5.74) is -1.00. The molecular weight excluding hydrogens is 302 g/mol.